The van der Waals surface area contributed by atoms with E-state index in [1.54, 1.807) is 13.8 Å². The SMILES string of the molecule is CCOC(=O)c1nc2c(Cl)nc3cc(C(F)(F)F)ccc3n2c1C. The van der Waals surface area contributed by atoms with Gasteiger partial charge in [-0.3, -0.25) is 4.40 Å². The number of benzene rings is 1. The minimum atomic E-state index is -4.49. The van der Waals surface area contributed by atoms with Crippen LogP contribution >= 0.6 is 11.6 Å². The van der Waals surface area contributed by atoms with Crippen molar-refractivity contribution in [2.24, 2.45) is 0 Å². The van der Waals surface area contributed by atoms with Gasteiger partial charge in [-0.25, -0.2) is 14.8 Å². The Morgan fingerprint density at radius 3 is 2.67 bits per heavy atom. The minimum absolute atomic E-state index is 0.0490. The molecular weight excluding hydrogens is 347 g/mol. The average molecular weight is 358 g/mol. The first-order valence-electron chi connectivity index (χ1n) is 6.96. The standard InChI is InChI=1S/C15H11ClF3N3O2/c1-3-24-14(23)11-7(2)22-10-5-4-8(15(17,18)19)6-9(10)20-12(16)13(22)21-11/h4-6H,3H2,1-2H3. The molecule has 2 heterocycles. The highest BCUT2D eigenvalue weighted by Gasteiger charge is 2.31. The monoisotopic (exact) mass is 357 g/mol. The summed E-state index contributed by atoms with van der Waals surface area (Å²) in [6.07, 6.45) is -4.49. The fourth-order valence-electron chi connectivity index (χ4n) is 2.46. The lowest BCUT2D eigenvalue weighted by molar-refractivity contribution is -0.137. The summed E-state index contributed by atoms with van der Waals surface area (Å²) in [5.41, 5.74) is 0.234. The maximum absolute atomic E-state index is 12.9. The summed E-state index contributed by atoms with van der Waals surface area (Å²) in [6.45, 7) is 3.44. The third-order valence-corrected chi connectivity index (χ3v) is 3.78. The van der Waals surface area contributed by atoms with Crippen molar-refractivity contribution in [1.82, 2.24) is 14.4 Å². The number of carbonyl (C=O) groups is 1. The molecule has 0 aliphatic rings. The number of esters is 1. The quantitative estimate of drug-likeness (QED) is 0.649. The average Bonchev–Trinajstić information content (AvgIpc) is 2.85. The van der Waals surface area contributed by atoms with E-state index in [0.29, 0.717) is 11.2 Å². The summed E-state index contributed by atoms with van der Waals surface area (Å²) < 4.78 is 45.0. The van der Waals surface area contributed by atoms with Gasteiger partial charge in [-0.2, -0.15) is 13.2 Å². The van der Waals surface area contributed by atoms with Crippen LogP contribution < -0.4 is 0 Å². The number of imidazole rings is 1. The van der Waals surface area contributed by atoms with Crippen LogP contribution in [0.5, 0.6) is 0 Å². The number of ether oxygens (including phenoxy) is 1. The Morgan fingerprint density at radius 1 is 1.33 bits per heavy atom. The molecule has 0 aliphatic heterocycles. The molecule has 0 atom stereocenters. The first kappa shape index (κ1) is 16.5. The highest BCUT2D eigenvalue weighted by atomic mass is 35.5. The van der Waals surface area contributed by atoms with Crippen LogP contribution in [-0.2, 0) is 10.9 Å². The van der Waals surface area contributed by atoms with Crippen molar-refractivity contribution in [3.8, 4) is 0 Å². The van der Waals surface area contributed by atoms with Crippen LogP contribution in [0.3, 0.4) is 0 Å². The van der Waals surface area contributed by atoms with Crippen molar-refractivity contribution >= 4 is 34.3 Å². The first-order chi connectivity index (χ1) is 11.2. The van der Waals surface area contributed by atoms with E-state index in [2.05, 4.69) is 9.97 Å². The molecule has 0 unspecified atom stereocenters. The lowest BCUT2D eigenvalue weighted by Crippen LogP contribution is -2.07. The second-order valence-corrected chi connectivity index (χ2v) is 5.39. The van der Waals surface area contributed by atoms with Gasteiger partial charge in [0, 0.05) is 0 Å². The minimum Gasteiger partial charge on any atom is -0.461 e. The fraction of sp³-hybridized carbons (Fsp3) is 0.267. The largest absolute Gasteiger partial charge is 0.461 e. The molecule has 0 bridgehead atoms. The molecule has 0 aliphatic carbocycles. The van der Waals surface area contributed by atoms with Crippen molar-refractivity contribution in [2.75, 3.05) is 6.61 Å². The van der Waals surface area contributed by atoms with Gasteiger partial charge in [0.25, 0.3) is 0 Å². The molecule has 0 saturated carbocycles. The molecule has 3 rings (SSSR count). The fourth-order valence-corrected chi connectivity index (χ4v) is 2.68. The zero-order valence-corrected chi connectivity index (χ0v) is 13.4. The smallest absolute Gasteiger partial charge is 0.416 e. The van der Waals surface area contributed by atoms with Crippen molar-refractivity contribution in [2.45, 2.75) is 20.0 Å². The van der Waals surface area contributed by atoms with Crippen molar-refractivity contribution in [3.63, 3.8) is 0 Å². The van der Waals surface area contributed by atoms with Crippen LogP contribution in [0.2, 0.25) is 5.15 Å². The third-order valence-electron chi connectivity index (χ3n) is 3.52. The van der Waals surface area contributed by atoms with E-state index in [9.17, 15) is 18.0 Å². The highest BCUT2D eigenvalue weighted by molar-refractivity contribution is 6.32. The Kier molecular flexibility index (Phi) is 3.87. The number of halogens is 4. The van der Waals surface area contributed by atoms with Crippen LogP contribution in [0.25, 0.3) is 16.7 Å². The zero-order chi connectivity index (χ0) is 17.6. The summed E-state index contributed by atoms with van der Waals surface area (Å²) in [7, 11) is 0. The third kappa shape index (κ3) is 2.56. The predicted octanol–water partition coefficient (Wildman–Crippen LogP) is 4.04. The van der Waals surface area contributed by atoms with Crippen LogP contribution in [0.4, 0.5) is 13.2 Å². The summed E-state index contributed by atoms with van der Waals surface area (Å²) in [4.78, 5) is 20.0. The van der Waals surface area contributed by atoms with Crippen molar-refractivity contribution in [1.29, 1.82) is 0 Å². The van der Waals surface area contributed by atoms with Gasteiger partial charge in [-0.05, 0) is 32.0 Å². The summed E-state index contributed by atoms with van der Waals surface area (Å²) in [5, 5.41) is -0.0968. The van der Waals surface area contributed by atoms with Gasteiger partial charge < -0.3 is 4.74 Å². The molecule has 0 N–H and O–H groups in total. The molecule has 0 amide bonds. The van der Waals surface area contributed by atoms with Crippen LogP contribution in [0, 0.1) is 6.92 Å². The molecule has 0 spiro atoms. The lowest BCUT2D eigenvalue weighted by atomic mass is 10.2. The van der Waals surface area contributed by atoms with Gasteiger partial charge in [-0.15, -0.1) is 0 Å². The maximum atomic E-state index is 12.9. The second kappa shape index (κ2) is 5.62. The molecule has 5 nitrogen and oxygen atoms in total. The summed E-state index contributed by atoms with van der Waals surface area (Å²) >= 11 is 6.04. The molecule has 24 heavy (non-hydrogen) atoms. The number of hydrogen-bond acceptors (Lipinski definition) is 4. The Morgan fingerprint density at radius 2 is 2.04 bits per heavy atom. The number of rotatable bonds is 2. The number of nitrogens with zero attached hydrogens (tertiary/aromatic N) is 3. The number of carbonyl (C=O) groups excluding carboxylic acids is 1. The predicted molar refractivity (Wildman–Crippen MR) is 81.2 cm³/mol. The van der Waals surface area contributed by atoms with Gasteiger partial charge in [0.15, 0.2) is 16.5 Å². The van der Waals surface area contributed by atoms with E-state index in [4.69, 9.17) is 16.3 Å². The molecule has 0 fully saturated rings. The maximum Gasteiger partial charge on any atom is 0.416 e. The second-order valence-electron chi connectivity index (χ2n) is 5.03. The number of fused-ring (bicyclic) bond motifs is 3. The summed E-state index contributed by atoms with van der Waals surface area (Å²) in [5.74, 6) is -0.630. The van der Waals surface area contributed by atoms with E-state index in [1.165, 1.54) is 10.5 Å². The molecule has 0 saturated heterocycles. The van der Waals surface area contributed by atoms with Gasteiger partial charge >= 0.3 is 12.1 Å². The lowest BCUT2D eigenvalue weighted by Gasteiger charge is -2.09. The molecule has 1 aromatic carbocycles. The van der Waals surface area contributed by atoms with Crippen molar-refractivity contribution < 1.29 is 22.7 Å². The molecule has 126 valence electrons. The van der Waals surface area contributed by atoms with E-state index < -0.39 is 17.7 Å². The number of aromatic nitrogens is 3. The zero-order valence-electron chi connectivity index (χ0n) is 12.6. The van der Waals surface area contributed by atoms with Gasteiger partial charge in [0.2, 0.25) is 0 Å². The molecule has 0 radical (unpaired) electrons. The van der Waals surface area contributed by atoms with Crippen LogP contribution in [0.1, 0.15) is 28.7 Å². The normalized spacial score (nSPS) is 12.1. The molecule has 2 aromatic heterocycles. The number of aryl methyl sites for hydroxylation is 1. The molecule has 9 heteroatoms. The van der Waals surface area contributed by atoms with Crippen molar-refractivity contribution in [3.05, 3.63) is 40.3 Å². The molecule has 3 aromatic rings. The molecular formula is C15H11ClF3N3O2. The van der Waals surface area contributed by atoms with E-state index in [0.717, 1.165) is 12.1 Å². The Hall–Kier alpha value is -2.35. The highest BCUT2D eigenvalue weighted by Crippen LogP contribution is 2.32. The Bertz CT molecular complexity index is 966. The topological polar surface area (TPSA) is 56.5 Å². The Balaban J connectivity index is 2.32. The summed E-state index contributed by atoms with van der Waals surface area (Å²) in [6, 6.07) is 3.13. The van der Waals surface area contributed by atoms with Gasteiger partial charge in [0.1, 0.15) is 0 Å². The van der Waals surface area contributed by atoms with E-state index in [-0.39, 0.29) is 28.6 Å². The Labute approximate surface area is 139 Å². The van der Waals surface area contributed by atoms with Gasteiger partial charge in [-0.1, -0.05) is 11.6 Å². The van der Waals surface area contributed by atoms with Gasteiger partial charge in [0.05, 0.1) is 28.9 Å². The van der Waals surface area contributed by atoms with Crippen LogP contribution in [0.15, 0.2) is 18.2 Å². The number of alkyl halides is 3. The van der Waals surface area contributed by atoms with E-state index >= 15 is 0 Å². The number of hydrogen-bond donors (Lipinski definition) is 0. The van der Waals surface area contributed by atoms with E-state index in [1.807, 2.05) is 0 Å². The van der Waals surface area contributed by atoms with Crippen LogP contribution in [-0.4, -0.2) is 26.9 Å². The first-order valence-corrected chi connectivity index (χ1v) is 7.34.